The Morgan fingerprint density at radius 3 is 2.33 bits per heavy atom. The normalized spacial score (nSPS) is 14.7. The summed E-state index contributed by atoms with van der Waals surface area (Å²) in [5.74, 6) is 0. The van der Waals surface area contributed by atoms with Gasteiger partial charge in [-0.25, -0.2) is 4.57 Å². The fraction of sp³-hybridized carbons (Fsp3) is 0.800. The predicted octanol–water partition coefficient (Wildman–Crippen LogP) is 2.22. The molecule has 6 nitrogen and oxygen atoms in total. The van der Waals surface area contributed by atoms with Crippen molar-refractivity contribution in [2.75, 3.05) is 20.3 Å². The van der Waals surface area contributed by atoms with E-state index in [0.29, 0.717) is 0 Å². The van der Waals surface area contributed by atoms with Gasteiger partial charge >= 0.3 is 7.82 Å². The zero-order chi connectivity index (χ0) is 14.0. The Morgan fingerprint density at radius 2 is 1.94 bits per heavy atom. The van der Waals surface area contributed by atoms with Gasteiger partial charge in [0, 0.05) is 26.0 Å². The van der Waals surface area contributed by atoms with Crippen LogP contribution in [-0.2, 0) is 9.29 Å². The molecular formula is C10H22FN2O4P. The molecule has 18 heavy (non-hydrogen) atoms. The summed E-state index contributed by atoms with van der Waals surface area (Å²) in [5.41, 5.74) is 0. The van der Waals surface area contributed by atoms with Crippen molar-refractivity contribution in [3.8, 4) is 0 Å². The van der Waals surface area contributed by atoms with Gasteiger partial charge in [-0.15, -0.1) is 0 Å². The van der Waals surface area contributed by atoms with E-state index in [0.717, 1.165) is 6.67 Å². The van der Waals surface area contributed by atoms with Crippen molar-refractivity contribution < 1.29 is 23.6 Å². The highest BCUT2D eigenvalue weighted by Crippen LogP contribution is 2.35. The van der Waals surface area contributed by atoms with Crippen LogP contribution in [0.15, 0.2) is 12.4 Å². The molecule has 0 aromatic heterocycles. The van der Waals surface area contributed by atoms with Gasteiger partial charge in [-0.2, -0.15) is 0 Å². The number of hydrogen-bond acceptors (Lipinski definition) is 4. The van der Waals surface area contributed by atoms with E-state index in [4.69, 9.17) is 14.4 Å². The molecule has 1 aliphatic rings. The van der Waals surface area contributed by atoms with Gasteiger partial charge in [-0.1, -0.05) is 30.9 Å². The largest absolute Gasteiger partial charge is 0.500 e. The first-order chi connectivity index (χ1) is 8.39. The van der Waals surface area contributed by atoms with Gasteiger partial charge < -0.3 is 19.6 Å². The Balaban J connectivity index is 0.000000411. The number of phosphoric acid groups is 1. The monoisotopic (exact) mass is 284 g/mol. The van der Waals surface area contributed by atoms with E-state index in [-0.39, 0.29) is 0 Å². The average Bonchev–Trinajstić information content (AvgIpc) is 2.71. The molecule has 0 unspecified atom stereocenters. The second-order valence-electron chi connectivity index (χ2n) is 4.13. The van der Waals surface area contributed by atoms with Gasteiger partial charge in [-0.3, -0.25) is 0 Å². The lowest BCUT2D eigenvalue weighted by Crippen LogP contribution is -2.23. The van der Waals surface area contributed by atoms with E-state index in [1.165, 1.54) is 32.2 Å². The van der Waals surface area contributed by atoms with Gasteiger partial charge in [-0.05, 0) is 10.9 Å². The molecule has 0 atom stereocenters. The molecule has 0 aromatic carbocycles. The Morgan fingerprint density at radius 1 is 1.33 bits per heavy atom. The topological polar surface area (TPSA) is 73.2 Å². The van der Waals surface area contributed by atoms with Crippen LogP contribution in [0.25, 0.3) is 0 Å². The van der Waals surface area contributed by atoms with Crippen LogP contribution >= 0.6 is 7.82 Å². The number of unbranched alkanes of at least 4 members (excludes halogenated alkanes) is 3. The third-order valence-corrected chi connectivity index (χ3v) is 2.51. The van der Waals surface area contributed by atoms with Gasteiger partial charge in [0.15, 0.2) is 0 Å². The van der Waals surface area contributed by atoms with Gasteiger partial charge in [0.05, 0.1) is 6.67 Å². The lowest BCUT2D eigenvalue weighted by Gasteiger charge is -2.17. The molecule has 2 N–H and O–H groups in total. The molecule has 0 aromatic rings. The number of halogens is 1. The third kappa shape index (κ3) is 10.5. The summed E-state index contributed by atoms with van der Waals surface area (Å²) >= 11 is 0. The van der Waals surface area contributed by atoms with Crippen LogP contribution in [0.3, 0.4) is 0 Å². The highest BCUT2D eigenvalue weighted by atomic mass is 31.2. The Labute approximate surface area is 107 Å². The summed E-state index contributed by atoms with van der Waals surface area (Å²) in [4.78, 5) is 19.3. The molecule has 1 rings (SSSR count). The van der Waals surface area contributed by atoms with Gasteiger partial charge in [0.2, 0.25) is 0 Å². The van der Waals surface area contributed by atoms with Crippen LogP contribution in [0.2, 0.25) is 0 Å². The fourth-order valence-corrected chi connectivity index (χ4v) is 1.48. The van der Waals surface area contributed by atoms with E-state index in [2.05, 4.69) is 40.9 Å². The minimum Gasteiger partial charge on any atom is -0.362 e. The predicted molar refractivity (Wildman–Crippen MR) is 66.9 cm³/mol. The zero-order valence-corrected chi connectivity index (χ0v) is 11.7. The Bertz CT molecular complexity index is 285. The summed E-state index contributed by atoms with van der Waals surface area (Å²) in [6, 6.07) is 0. The lowest BCUT2D eigenvalue weighted by molar-refractivity contribution is -0.0389. The van der Waals surface area contributed by atoms with Gasteiger partial charge in [0.1, 0.15) is 0 Å². The maximum Gasteiger partial charge on any atom is 0.500 e. The summed E-state index contributed by atoms with van der Waals surface area (Å²) in [5, 5.41) is 0. The second-order valence-corrected chi connectivity index (χ2v) is 5.25. The first kappa shape index (κ1) is 17.4. The molecule has 0 saturated carbocycles. The molecule has 0 bridgehead atoms. The van der Waals surface area contributed by atoms with Crippen LogP contribution in [0, 0.1) is 0 Å². The summed E-state index contributed by atoms with van der Waals surface area (Å²) in [6.45, 7) is 4.55. The molecule has 0 saturated heterocycles. The first-order valence-electron chi connectivity index (χ1n) is 5.87. The highest BCUT2D eigenvalue weighted by Gasteiger charge is 2.12. The first-order valence-corrected chi connectivity index (χ1v) is 7.40. The molecule has 1 heterocycles. The maximum atomic E-state index is 10.2. The zero-order valence-electron chi connectivity index (χ0n) is 10.8. The van der Waals surface area contributed by atoms with Crippen LogP contribution in [0.5, 0.6) is 0 Å². The van der Waals surface area contributed by atoms with Crippen molar-refractivity contribution in [1.29, 1.82) is 0 Å². The van der Waals surface area contributed by atoms with Crippen molar-refractivity contribution in [2.45, 2.75) is 32.6 Å². The highest BCUT2D eigenvalue weighted by molar-refractivity contribution is 7.46. The summed E-state index contributed by atoms with van der Waals surface area (Å²) < 4.78 is 21.4. The molecular weight excluding hydrogens is 262 g/mol. The molecule has 1 aliphatic heterocycles. The van der Waals surface area contributed by atoms with E-state index in [1.54, 1.807) is 0 Å². The van der Waals surface area contributed by atoms with Crippen molar-refractivity contribution in [1.82, 2.24) is 9.80 Å². The smallest absolute Gasteiger partial charge is 0.362 e. The van der Waals surface area contributed by atoms with Crippen LogP contribution in [0.4, 0.5) is 4.53 Å². The molecule has 0 fully saturated rings. The quantitative estimate of drug-likeness (QED) is 0.575. The van der Waals surface area contributed by atoms with E-state index >= 15 is 0 Å². The number of hydrogen-bond donors (Lipinski definition) is 2. The van der Waals surface area contributed by atoms with Crippen LogP contribution < -0.4 is 0 Å². The Hall–Kier alpha value is -0.620. The van der Waals surface area contributed by atoms with E-state index in [1.807, 2.05) is 0 Å². The molecule has 8 heteroatoms. The molecule has 0 radical (unpaired) electrons. The Kier molecular flexibility index (Phi) is 9.01. The second kappa shape index (κ2) is 9.33. The van der Waals surface area contributed by atoms with Crippen molar-refractivity contribution >= 4 is 7.82 Å². The summed E-state index contributed by atoms with van der Waals surface area (Å²) in [7, 11) is -2.70. The molecule has 0 aliphatic carbocycles. The minimum absolute atomic E-state index is 1.08. The number of rotatable bonds is 6. The fourth-order valence-electron chi connectivity index (χ4n) is 1.48. The minimum atomic E-state index is -4.81. The van der Waals surface area contributed by atoms with Crippen molar-refractivity contribution in [3.05, 3.63) is 12.4 Å². The molecule has 0 spiro atoms. The summed E-state index contributed by atoms with van der Waals surface area (Å²) in [6.07, 6.45) is 9.76. The SMILES string of the molecule is CCCCCCN1C=CN(C)C1.O=P(O)(O)OF. The van der Waals surface area contributed by atoms with Crippen molar-refractivity contribution in [3.63, 3.8) is 0 Å². The van der Waals surface area contributed by atoms with E-state index < -0.39 is 7.82 Å². The molecule has 108 valence electrons. The van der Waals surface area contributed by atoms with Crippen LogP contribution in [0.1, 0.15) is 32.6 Å². The maximum absolute atomic E-state index is 10.2. The third-order valence-electron chi connectivity index (χ3n) is 2.33. The van der Waals surface area contributed by atoms with Gasteiger partial charge in [0.25, 0.3) is 0 Å². The van der Waals surface area contributed by atoms with Crippen molar-refractivity contribution in [2.24, 2.45) is 0 Å². The lowest BCUT2D eigenvalue weighted by atomic mass is 10.2. The average molecular weight is 284 g/mol. The molecule has 0 amide bonds. The van der Waals surface area contributed by atoms with Crippen LogP contribution in [-0.4, -0.2) is 39.8 Å². The number of nitrogens with zero attached hydrogens (tertiary/aromatic N) is 2. The van der Waals surface area contributed by atoms with E-state index in [9.17, 15) is 4.53 Å². The standard InChI is InChI=1S/C10H20N2.FH2O4P/c1-3-4-5-6-7-12-9-8-11(2)10-12;1-5-6(2,3)4/h8-9H,3-7,10H2,1-2H3;(H2,2,3,4).